The summed E-state index contributed by atoms with van der Waals surface area (Å²) in [5, 5.41) is 6.67. The van der Waals surface area contributed by atoms with Crippen LogP contribution in [0.2, 0.25) is 0 Å². The minimum absolute atomic E-state index is 0.00521. The Labute approximate surface area is 181 Å². The second-order valence-corrected chi connectivity index (χ2v) is 7.55. The van der Waals surface area contributed by atoms with Crippen LogP contribution in [-0.2, 0) is 22.3 Å². The summed E-state index contributed by atoms with van der Waals surface area (Å²) in [6, 6.07) is 11.8. The molecule has 2 heterocycles. The average molecular weight is 444 g/mol. The van der Waals surface area contributed by atoms with Gasteiger partial charge in [-0.1, -0.05) is 29.4 Å². The Hall–Kier alpha value is -3.69. The molecule has 1 fully saturated rings. The number of nitrogens with zero attached hydrogens (tertiary/aromatic N) is 3. The van der Waals surface area contributed by atoms with Crippen LogP contribution in [0.4, 0.5) is 18.9 Å². The van der Waals surface area contributed by atoms with Crippen molar-refractivity contribution in [3.63, 3.8) is 0 Å². The molecule has 2 aromatic carbocycles. The van der Waals surface area contributed by atoms with E-state index in [1.54, 1.807) is 31.2 Å². The molecule has 0 bridgehead atoms. The first-order valence-corrected chi connectivity index (χ1v) is 9.85. The summed E-state index contributed by atoms with van der Waals surface area (Å²) < 4.78 is 43.8. The third kappa shape index (κ3) is 4.63. The summed E-state index contributed by atoms with van der Waals surface area (Å²) >= 11 is 0. The smallest absolute Gasteiger partial charge is 0.339 e. The molecular formula is C22H19F3N4O3. The third-order valence-electron chi connectivity index (χ3n) is 5.17. The highest BCUT2D eigenvalue weighted by molar-refractivity contribution is 5.99. The van der Waals surface area contributed by atoms with E-state index in [0.29, 0.717) is 28.5 Å². The Morgan fingerprint density at radius 3 is 2.72 bits per heavy atom. The van der Waals surface area contributed by atoms with Crippen LogP contribution in [0, 0.1) is 12.8 Å². The Morgan fingerprint density at radius 1 is 1.22 bits per heavy atom. The van der Waals surface area contributed by atoms with Gasteiger partial charge in [-0.15, -0.1) is 0 Å². The van der Waals surface area contributed by atoms with Crippen molar-refractivity contribution < 1.29 is 27.3 Å². The number of carbonyl (C=O) groups is 2. The fourth-order valence-electron chi connectivity index (χ4n) is 3.60. The van der Waals surface area contributed by atoms with Crippen LogP contribution in [0.1, 0.15) is 23.4 Å². The molecule has 1 unspecified atom stereocenters. The van der Waals surface area contributed by atoms with Crippen LogP contribution in [0.3, 0.4) is 0 Å². The molecule has 166 valence electrons. The number of carbonyl (C=O) groups excluding carboxylic acids is 2. The zero-order valence-electron chi connectivity index (χ0n) is 17.0. The molecule has 0 radical (unpaired) electrons. The van der Waals surface area contributed by atoms with E-state index >= 15 is 0 Å². The summed E-state index contributed by atoms with van der Waals surface area (Å²) in [5.74, 6) is -0.574. The number of likely N-dealkylation sites (tertiary alicyclic amines) is 1. The molecule has 2 amide bonds. The number of amides is 2. The second-order valence-electron chi connectivity index (χ2n) is 7.55. The number of rotatable bonds is 5. The van der Waals surface area contributed by atoms with E-state index in [9.17, 15) is 22.8 Å². The van der Waals surface area contributed by atoms with Crippen LogP contribution in [0.5, 0.6) is 0 Å². The number of aryl methyl sites for hydroxylation is 1. The van der Waals surface area contributed by atoms with Gasteiger partial charge in [-0.25, -0.2) is 0 Å². The number of benzene rings is 2. The molecule has 1 aliphatic rings. The number of hydrogen-bond acceptors (Lipinski definition) is 5. The Bertz CT molecular complexity index is 1160. The zero-order valence-corrected chi connectivity index (χ0v) is 17.0. The van der Waals surface area contributed by atoms with E-state index in [1.807, 2.05) is 0 Å². The second kappa shape index (κ2) is 8.45. The van der Waals surface area contributed by atoms with Crippen molar-refractivity contribution in [3.8, 4) is 11.4 Å². The number of para-hydroxylation sites is 1. The lowest BCUT2D eigenvalue weighted by atomic mass is 10.1. The Balaban J connectivity index is 1.45. The van der Waals surface area contributed by atoms with Crippen LogP contribution < -0.4 is 5.32 Å². The van der Waals surface area contributed by atoms with Crippen molar-refractivity contribution in [3.05, 3.63) is 65.5 Å². The van der Waals surface area contributed by atoms with Gasteiger partial charge in [-0.2, -0.15) is 18.2 Å². The van der Waals surface area contributed by atoms with Gasteiger partial charge in [-0.3, -0.25) is 9.59 Å². The van der Waals surface area contributed by atoms with Crippen LogP contribution in [0.15, 0.2) is 53.1 Å². The first kappa shape index (κ1) is 21.5. The van der Waals surface area contributed by atoms with Crippen molar-refractivity contribution in [1.29, 1.82) is 0 Å². The molecule has 1 N–H and O–H groups in total. The van der Waals surface area contributed by atoms with Crippen molar-refractivity contribution in [2.24, 2.45) is 5.92 Å². The van der Waals surface area contributed by atoms with Crippen molar-refractivity contribution in [2.75, 3.05) is 11.9 Å². The van der Waals surface area contributed by atoms with Crippen molar-refractivity contribution in [2.45, 2.75) is 26.1 Å². The lowest BCUT2D eigenvalue weighted by Crippen LogP contribution is -2.28. The molecule has 1 saturated heterocycles. The van der Waals surface area contributed by atoms with Gasteiger partial charge >= 0.3 is 6.18 Å². The maximum atomic E-state index is 12.9. The molecule has 10 heteroatoms. The van der Waals surface area contributed by atoms with Gasteiger partial charge in [0.1, 0.15) is 0 Å². The highest BCUT2D eigenvalue weighted by atomic mass is 19.4. The number of alkyl halides is 3. The predicted molar refractivity (Wildman–Crippen MR) is 108 cm³/mol. The van der Waals surface area contributed by atoms with E-state index < -0.39 is 17.7 Å². The molecule has 3 aromatic rings. The predicted octanol–water partition coefficient (Wildman–Crippen LogP) is 4.05. The first-order chi connectivity index (χ1) is 15.2. The topological polar surface area (TPSA) is 88.3 Å². The standard InChI is InChI=1S/C22H19F3N4O3/c1-13-26-20(28-32-13)17-7-2-3-8-18(17)27-21(31)15-10-19(30)29(12-15)11-14-5-4-6-16(9-14)22(23,24)25/h2-9,15H,10-12H2,1H3,(H,27,31). The molecule has 0 aliphatic carbocycles. The van der Waals surface area contributed by atoms with Crippen LogP contribution in [0.25, 0.3) is 11.4 Å². The molecular weight excluding hydrogens is 425 g/mol. The van der Waals surface area contributed by atoms with E-state index in [2.05, 4.69) is 15.5 Å². The van der Waals surface area contributed by atoms with E-state index in [1.165, 1.54) is 17.0 Å². The first-order valence-electron chi connectivity index (χ1n) is 9.85. The Morgan fingerprint density at radius 2 is 2.00 bits per heavy atom. The van der Waals surface area contributed by atoms with Gasteiger partial charge in [0.25, 0.3) is 0 Å². The fourth-order valence-corrected chi connectivity index (χ4v) is 3.60. The van der Waals surface area contributed by atoms with Gasteiger partial charge in [0.05, 0.1) is 17.2 Å². The molecule has 32 heavy (non-hydrogen) atoms. The average Bonchev–Trinajstić information content (AvgIpc) is 3.34. The molecule has 1 aliphatic heterocycles. The van der Waals surface area contributed by atoms with Gasteiger partial charge in [0.15, 0.2) is 0 Å². The number of hydrogen-bond donors (Lipinski definition) is 1. The van der Waals surface area contributed by atoms with Crippen LogP contribution >= 0.6 is 0 Å². The molecule has 1 atom stereocenters. The summed E-state index contributed by atoms with van der Waals surface area (Å²) in [6.07, 6.45) is -4.48. The normalized spacial score (nSPS) is 16.4. The lowest BCUT2D eigenvalue weighted by Gasteiger charge is -2.18. The molecule has 7 nitrogen and oxygen atoms in total. The van der Waals surface area contributed by atoms with Crippen molar-refractivity contribution >= 4 is 17.5 Å². The number of nitrogens with one attached hydrogen (secondary N) is 1. The van der Waals surface area contributed by atoms with Gasteiger partial charge in [-0.05, 0) is 29.8 Å². The van der Waals surface area contributed by atoms with E-state index in [0.717, 1.165) is 12.1 Å². The number of aromatic nitrogens is 2. The van der Waals surface area contributed by atoms with Crippen LogP contribution in [-0.4, -0.2) is 33.4 Å². The summed E-state index contributed by atoms with van der Waals surface area (Å²) in [6.45, 7) is 1.77. The van der Waals surface area contributed by atoms with Crippen molar-refractivity contribution in [1.82, 2.24) is 15.0 Å². The largest absolute Gasteiger partial charge is 0.416 e. The molecule has 0 spiro atoms. The number of anilines is 1. The molecule has 0 saturated carbocycles. The lowest BCUT2D eigenvalue weighted by molar-refractivity contribution is -0.137. The van der Waals surface area contributed by atoms with E-state index in [-0.39, 0.29) is 31.3 Å². The maximum absolute atomic E-state index is 12.9. The van der Waals surface area contributed by atoms with Gasteiger partial charge in [0.2, 0.25) is 23.5 Å². The summed E-state index contributed by atoms with van der Waals surface area (Å²) in [5.41, 5.74) is 0.626. The zero-order chi connectivity index (χ0) is 22.9. The SMILES string of the molecule is Cc1nc(-c2ccccc2NC(=O)C2CC(=O)N(Cc3cccc(C(F)(F)F)c3)C2)no1. The quantitative estimate of drug-likeness (QED) is 0.642. The fraction of sp³-hybridized carbons (Fsp3) is 0.273. The van der Waals surface area contributed by atoms with E-state index in [4.69, 9.17) is 4.52 Å². The monoisotopic (exact) mass is 444 g/mol. The molecule has 1 aromatic heterocycles. The summed E-state index contributed by atoms with van der Waals surface area (Å²) in [4.78, 5) is 30.8. The van der Waals surface area contributed by atoms with Gasteiger partial charge < -0.3 is 14.7 Å². The highest BCUT2D eigenvalue weighted by Gasteiger charge is 2.35. The minimum Gasteiger partial charge on any atom is -0.339 e. The summed E-state index contributed by atoms with van der Waals surface area (Å²) in [7, 11) is 0. The third-order valence-corrected chi connectivity index (χ3v) is 5.17. The van der Waals surface area contributed by atoms with Gasteiger partial charge in [0, 0.05) is 32.0 Å². The minimum atomic E-state index is -4.46. The highest BCUT2D eigenvalue weighted by Crippen LogP contribution is 2.31. The number of halogens is 3. The Kier molecular flexibility index (Phi) is 5.68. The maximum Gasteiger partial charge on any atom is 0.416 e. The molecule has 4 rings (SSSR count).